The van der Waals surface area contributed by atoms with E-state index in [2.05, 4.69) is 17.1 Å². The highest BCUT2D eigenvalue weighted by atomic mass is 16.1. The standard InChI is InChI=1S/C16H14N2O/c1-12(19)16-5-3-9-18(16)11-13-6-7-15-14(10-13)4-2-8-17-15/h2-10H,11H2,1H3. The lowest BCUT2D eigenvalue weighted by Crippen LogP contribution is -2.06. The number of nitrogens with zero attached hydrogens (tertiary/aromatic N) is 2. The zero-order chi connectivity index (χ0) is 13.2. The monoisotopic (exact) mass is 250 g/mol. The van der Waals surface area contributed by atoms with Crippen molar-refractivity contribution in [1.29, 1.82) is 0 Å². The van der Waals surface area contributed by atoms with Crippen molar-refractivity contribution < 1.29 is 4.79 Å². The highest BCUT2D eigenvalue weighted by Gasteiger charge is 2.06. The van der Waals surface area contributed by atoms with E-state index in [1.165, 1.54) is 5.56 Å². The molecule has 0 aliphatic rings. The molecule has 3 aromatic rings. The number of fused-ring (bicyclic) bond motifs is 1. The Hall–Kier alpha value is -2.42. The van der Waals surface area contributed by atoms with Crippen LogP contribution in [0.25, 0.3) is 10.9 Å². The molecule has 0 atom stereocenters. The molecule has 94 valence electrons. The summed E-state index contributed by atoms with van der Waals surface area (Å²) in [4.78, 5) is 15.8. The van der Waals surface area contributed by atoms with E-state index in [4.69, 9.17) is 0 Å². The van der Waals surface area contributed by atoms with Crippen LogP contribution in [0.1, 0.15) is 23.0 Å². The van der Waals surface area contributed by atoms with Gasteiger partial charge in [-0.25, -0.2) is 0 Å². The Morgan fingerprint density at radius 1 is 1.21 bits per heavy atom. The molecule has 3 nitrogen and oxygen atoms in total. The summed E-state index contributed by atoms with van der Waals surface area (Å²) in [6, 6.07) is 13.9. The molecule has 0 aliphatic heterocycles. The molecule has 0 N–H and O–H groups in total. The minimum absolute atomic E-state index is 0.0902. The Morgan fingerprint density at radius 3 is 2.95 bits per heavy atom. The van der Waals surface area contributed by atoms with Crippen molar-refractivity contribution in [2.45, 2.75) is 13.5 Å². The Kier molecular flexibility index (Phi) is 2.88. The summed E-state index contributed by atoms with van der Waals surface area (Å²) in [6.07, 6.45) is 3.73. The first-order valence-corrected chi connectivity index (χ1v) is 6.24. The summed E-state index contributed by atoms with van der Waals surface area (Å²) in [6.45, 7) is 2.29. The average molecular weight is 250 g/mol. The lowest BCUT2D eigenvalue weighted by Gasteiger charge is -2.08. The smallest absolute Gasteiger partial charge is 0.176 e. The summed E-state index contributed by atoms with van der Waals surface area (Å²) in [5.74, 6) is 0.0902. The van der Waals surface area contributed by atoms with Gasteiger partial charge in [0.15, 0.2) is 5.78 Å². The fraction of sp³-hybridized carbons (Fsp3) is 0.125. The van der Waals surface area contributed by atoms with Gasteiger partial charge >= 0.3 is 0 Å². The topological polar surface area (TPSA) is 34.9 Å². The molecule has 0 fully saturated rings. The van der Waals surface area contributed by atoms with E-state index < -0.39 is 0 Å². The van der Waals surface area contributed by atoms with Crippen LogP contribution < -0.4 is 0 Å². The minimum atomic E-state index is 0.0902. The summed E-state index contributed by atoms with van der Waals surface area (Å²) in [5.41, 5.74) is 2.90. The normalized spacial score (nSPS) is 10.8. The average Bonchev–Trinajstić information content (AvgIpc) is 2.87. The lowest BCUT2D eigenvalue weighted by atomic mass is 10.1. The van der Waals surface area contributed by atoms with Crippen molar-refractivity contribution in [3.63, 3.8) is 0 Å². The summed E-state index contributed by atoms with van der Waals surface area (Å²) in [7, 11) is 0. The Labute approximate surface area is 111 Å². The maximum atomic E-state index is 11.5. The Balaban J connectivity index is 1.97. The maximum absolute atomic E-state index is 11.5. The molecule has 0 bridgehead atoms. The molecule has 3 rings (SSSR count). The third kappa shape index (κ3) is 2.27. The quantitative estimate of drug-likeness (QED) is 0.668. The van der Waals surface area contributed by atoms with Gasteiger partial charge in [-0.15, -0.1) is 0 Å². The fourth-order valence-corrected chi connectivity index (χ4v) is 2.29. The van der Waals surface area contributed by atoms with Crippen LogP contribution in [-0.4, -0.2) is 15.3 Å². The van der Waals surface area contributed by atoms with Crippen molar-refractivity contribution >= 4 is 16.7 Å². The van der Waals surface area contributed by atoms with Gasteiger partial charge in [-0.05, 0) is 35.9 Å². The molecule has 2 heterocycles. The molecular formula is C16H14N2O. The molecule has 1 aromatic carbocycles. The van der Waals surface area contributed by atoms with Crippen LogP contribution in [0.3, 0.4) is 0 Å². The van der Waals surface area contributed by atoms with E-state index in [0.717, 1.165) is 16.6 Å². The van der Waals surface area contributed by atoms with E-state index >= 15 is 0 Å². The van der Waals surface area contributed by atoms with Crippen molar-refractivity contribution in [3.8, 4) is 0 Å². The Bertz CT molecular complexity index is 743. The molecule has 0 aliphatic carbocycles. The molecule has 2 aromatic heterocycles. The van der Waals surface area contributed by atoms with Gasteiger partial charge in [0.1, 0.15) is 0 Å². The first-order chi connectivity index (χ1) is 9.24. The number of aromatic nitrogens is 2. The van der Waals surface area contributed by atoms with Crippen LogP contribution in [-0.2, 0) is 6.54 Å². The number of rotatable bonds is 3. The second kappa shape index (κ2) is 4.69. The Morgan fingerprint density at radius 2 is 2.11 bits per heavy atom. The first kappa shape index (κ1) is 11.7. The molecule has 3 heteroatoms. The number of ketones is 1. The van der Waals surface area contributed by atoms with Gasteiger partial charge in [0, 0.05) is 31.2 Å². The largest absolute Gasteiger partial charge is 0.341 e. The maximum Gasteiger partial charge on any atom is 0.176 e. The molecule has 0 radical (unpaired) electrons. The van der Waals surface area contributed by atoms with Crippen LogP contribution in [0.15, 0.2) is 54.9 Å². The number of Topliss-reactive ketones (excluding diaryl/α,β-unsaturated/α-hetero) is 1. The van der Waals surface area contributed by atoms with Gasteiger partial charge in [0.05, 0.1) is 11.2 Å². The van der Waals surface area contributed by atoms with Crippen LogP contribution in [0.4, 0.5) is 0 Å². The second-order valence-corrected chi connectivity index (χ2v) is 4.61. The van der Waals surface area contributed by atoms with Crippen molar-refractivity contribution in [2.24, 2.45) is 0 Å². The third-order valence-corrected chi connectivity index (χ3v) is 3.21. The van der Waals surface area contributed by atoms with Crippen molar-refractivity contribution in [3.05, 3.63) is 66.1 Å². The minimum Gasteiger partial charge on any atom is -0.341 e. The molecule has 0 spiro atoms. The molecule has 0 unspecified atom stereocenters. The van der Waals surface area contributed by atoms with Gasteiger partial charge < -0.3 is 4.57 Å². The predicted octanol–water partition coefficient (Wildman–Crippen LogP) is 3.29. The van der Waals surface area contributed by atoms with E-state index in [-0.39, 0.29) is 5.78 Å². The molecule has 19 heavy (non-hydrogen) atoms. The van der Waals surface area contributed by atoms with E-state index in [1.807, 2.05) is 41.1 Å². The predicted molar refractivity (Wildman–Crippen MR) is 75.3 cm³/mol. The number of hydrogen-bond acceptors (Lipinski definition) is 2. The zero-order valence-electron chi connectivity index (χ0n) is 10.7. The number of pyridine rings is 1. The number of benzene rings is 1. The number of hydrogen-bond donors (Lipinski definition) is 0. The van der Waals surface area contributed by atoms with Gasteiger partial charge in [0.25, 0.3) is 0 Å². The van der Waals surface area contributed by atoms with Crippen molar-refractivity contribution in [1.82, 2.24) is 9.55 Å². The van der Waals surface area contributed by atoms with Crippen LogP contribution >= 0.6 is 0 Å². The molecule has 0 amide bonds. The van der Waals surface area contributed by atoms with E-state index in [1.54, 1.807) is 13.1 Å². The van der Waals surface area contributed by atoms with Crippen LogP contribution in [0, 0.1) is 0 Å². The second-order valence-electron chi connectivity index (χ2n) is 4.61. The van der Waals surface area contributed by atoms with Crippen molar-refractivity contribution in [2.75, 3.05) is 0 Å². The van der Waals surface area contributed by atoms with Gasteiger partial charge in [-0.2, -0.15) is 0 Å². The summed E-state index contributed by atoms with van der Waals surface area (Å²) < 4.78 is 1.97. The fourth-order valence-electron chi connectivity index (χ4n) is 2.29. The summed E-state index contributed by atoms with van der Waals surface area (Å²) in [5, 5.41) is 1.12. The first-order valence-electron chi connectivity index (χ1n) is 6.24. The molecule has 0 saturated carbocycles. The third-order valence-electron chi connectivity index (χ3n) is 3.21. The SMILES string of the molecule is CC(=O)c1cccn1Cc1ccc2ncccc2c1. The highest BCUT2D eigenvalue weighted by Crippen LogP contribution is 2.15. The molecule has 0 saturated heterocycles. The van der Waals surface area contributed by atoms with Gasteiger partial charge in [-0.3, -0.25) is 9.78 Å². The lowest BCUT2D eigenvalue weighted by molar-refractivity contribution is 0.100. The highest BCUT2D eigenvalue weighted by molar-refractivity contribution is 5.92. The van der Waals surface area contributed by atoms with Crippen LogP contribution in [0.2, 0.25) is 0 Å². The number of carbonyl (C=O) groups excluding carboxylic acids is 1. The molecular weight excluding hydrogens is 236 g/mol. The van der Waals surface area contributed by atoms with E-state index in [9.17, 15) is 4.79 Å². The number of carbonyl (C=O) groups is 1. The van der Waals surface area contributed by atoms with Gasteiger partial charge in [-0.1, -0.05) is 12.1 Å². The van der Waals surface area contributed by atoms with Gasteiger partial charge in [0.2, 0.25) is 0 Å². The summed E-state index contributed by atoms with van der Waals surface area (Å²) >= 11 is 0. The van der Waals surface area contributed by atoms with Crippen LogP contribution in [0.5, 0.6) is 0 Å². The zero-order valence-corrected chi connectivity index (χ0v) is 10.7. The van der Waals surface area contributed by atoms with E-state index in [0.29, 0.717) is 6.54 Å².